The summed E-state index contributed by atoms with van der Waals surface area (Å²) in [6.07, 6.45) is -0.693. The molecule has 0 saturated carbocycles. The number of nitrogens with one attached hydrogen (secondary N) is 1. The Morgan fingerprint density at radius 1 is 1.24 bits per heavy atom. The molecule has 2 N–H and O–H groups in total. The fourth-order valence-electron chi connectivity index (χ4n) is 0.917. The molecule has 0 bridgehead atoms. The maximum atomic E-state index is 11.3. The second-order valence-corrected chi connectivity index (χ2v) is 4.85. The highest BCUT2D eigenvalue weighted by Gasteiger charge is 2.32. The van der Waals surface area contributed by atoms with Crippen molar-refractivity contribution >= 4 is 12.1 Å². The van der Waals surface area contributed by atoms with Crippen LogP contribution in [0.2, 0.25) is 0 Å². The molecule has 0 heterocycles. The SMILES string of the molecule is CCOC(=O)[C@](C)(O)CNC(=O)OC(C)(C)C. The number of alkyl carbamates (subject to hydrolysis) is 1. The number of hydrogen-bond donors (Lipinski definition) is 2. The number of carbonyl (C=O) groups excluding carboxylic acids is 2. The molecule has 6 nitrogen and oxygen atoms in total. The predicted molar refractivity (Wildman–Crippen MR) is 61.5 cm³/mol. The van der Waals surface area contributed by atoms with Gasteiger partial charge in [0.2, 0.25) is 0 Å². The Labute approximate surface area is 101 Å². The van der Waals surface area contributed by atoms with Crippen LogP contribution in [0.15, 0.2) is 0 Å². The average molecular weight is 247 g/mol. The molecule has 0 aliphatic heterocycles. The highest BCUT2D eigenvalue weighted by Crippen LogP contribution is 2.08. The van der Waals surface area contributed by atoms with Gasteiger partial charge in [0.05, 0.1) is 13.2 Å². The molecular formula is C11H21NO5. The van der Waals surface area contributed by atoms with E-state index in [9.17, 15) is 14.7 Å². The van der Waals surface area contributed by atoms with E-state index in [0.717, 1.165) is 0 Å². The highest BCUT2D eigenvalue weighted by atomic mass is 16.6. The summed E-state index contributed by atoms with van der Waals surface area (Å²) < 4.78 is 9.62. The molecule has 17 heavy (non-hydrogen) atoms. The second-order valence-electron chi connectivity index (χ2n) is 4.85. The Kier molecular flexibility index (Phi) is 5.41. The molecule has 0 radical (unpaired) electrons. The Bertz CT molecular complexity index is 280. The zero-order valence-corrected chi connectivity index (χ0v) is 11.0. The standard InChI is InChI=1S/C11H21NO5/c1-6-16-8(13)11(5,15)7-12-9(14)17-10(2,3)4/h15H,6-7H2,1-5H3,(H,12,14)/t11-/m1/s1. The molecule has 0 fully saturated rings. The van der Waals surface area contributed by atoms with E-state index in [-0.39, 0.29) is 13.2 Å². The van der Waals surface area contributed by atoms with Gasteiger partial charge in [0.25, 0.3) is 0 Å². The number of rotatable bonds is 4. The van der Waals surface area contributed by atoms with E-state index < -0.39 is 23.3 Å². The van der Waals surface area contributed by atoms with Gasteiger partial charge in [-0.3, -0.25) is 0 Å². The Morgan fingerprint density at radius 2 is 1.76 bits per heavy atom. The van der Waals surface area contributed by atoms with Crippen LogP contribution in [0.3, 0.4) is 0 Å². The predicted octanol–water partition coefficient (Wildman–Crippen LogP) is 0.825. The molecule has 0 spiro atoms. The molecular weight excluding hydrogens is 226 g/mol. The monoisotopic (exact) mass is 247 g/mol. The van der Waals surface area contributed by atoms with Gasteiger partial charge in [-0.05, 0) is 34.6 Å². The number of esters is 1. The summed E-state index contributed by atoms with van der Waals surface area (Å²) >= 11 is 0. The lowest BCUT2D eigenvalue weighted by Gasteiger charge is -2.23. The lowest BCUT2D eigenvalue weighted by molar-refractivity contribution is -0.162. The van der Waals surface area contributed by atoms with Gasteiger partial charge in [0.1, 0.15) is 5.60 Å². The summed E-state index contributed by atoms with van der Waals surface area (Å²) in [6, 6.07) is 0. The van der Waals surface area contributed by atoms with Gasteiger partial charge in [0.15, 0.2) is 5.60 Å². The van der Waals surface area contributed by atoms with Crippen LogP contribution in [-0.2, 0) is 14.3 Å². The molecule has 100 valence electrons. The van der Waals surface area contributed by atoms with Gasteiger partial charge >= 0.3 is 12.1 Å². The molecule has 1 atom stereocenters. The smallest absolute Gasteiger partial charge is 0.407 e. The van der Waals surface area contributed by atoms with Crippen LogP contribution < -0.4 is 5.32 Å². The summed E-state index contributed by atoms with van der Waals surface area (Å²) in [5.41, 5.74) is -2.38. The van der Waals surface area contributed by atoms with Gasteiger partial charge in [-0.2, -0.15) is 0 Å². The fraction of sp³-hybridized carbons (Fsp3) is 0.818. The fourth-order valence-corrected chi connectivity index (χ4v) is 0.917. The van der Waals surface area contributed by atoms with Crippen LogP contribution >= 0.6 is 0 Å². The number of carbonyl (C=O) groups is 2. The minimum atomic E-state index is -1.76. The zero-order valence-electron chi connectivity index (χ0n) is 11.0. The van der Waals surface area contributed by atoms with Crippen LogP contribution in [-0.4, -0.2) is 41.5 Å². The van der Waals surface area contributed by atoms with Gasteiger partial charge in [-0.1, -0.05) is 0 Å². The maximum absolute atomic E-state index is 11.3. The summed E-state index contributed by atoms with van der Waals surface area (Å²) in [5, 5.41) is 12.0. The highest BCUT2D eigenvalue weighted by molar-refractivity contribution is 5.80. The topological polar surface area (TPSA) is 84.9 Å². The van der Waals surface area contributed by atoms with Crippen molar-refractivity contribution < 1.29 is 24.2 Å². The number of ether oxygens (including phenoxy) is 2. The molecule has 0 aromatic heterocycles. The summed E-state index contributed by atoms with van der Waals surface area (Å²) in [7, 11) is 0. The Morgan fingerprint density at radius 3 is 2.18 bits per heavy atom. The Hall–Kier alpha value is -1.30. The van der Waals surface area contributed by atoms with Crippen molar-refractivity contribution in [3.8, 4) is 0 Å². The molecule has 1 amide bonds. The first-order valence-corrected chi connectivity index (χ1v) is 5.45. The van der Waals surface area contributed by atoms with Crippen molar-refractivity contribution in [2.75, 3.05) is 13.2 Å². The van der Waals surface area contributed by atoms with Gasteiger partial charge in [0, 0.05) is 0 Å². The molecule has 0 saturated heterocycles. The normalized spacial score (nSPS) is 14.7. The molecule has 6 heteroatoms. The minimum Gasteiger partial charge on any atom is -0.464 e. The van der Waals surface area contributed by atoms with E-state index in [0.29, 0.717) is 0 Å². The van der Waals surface area contributed by atoms with E-state index in [2.05, 4.69) is 10.1 Å². The zero-order chi connectivity index (χ0) is 13.7. The Balaban J connectivity index is 4.18. The summed E-state index contributed by atoms with van der Waals surface area (Å²) in [4.78, 5) is 22.6. The summed E-state index contributed by atoms with van der Waals surface area (Å²) in [6.45, 7) is 7.96. The quantitative estimate of drug-likeness (QED) is 0.719. The number of amides is 1. The molecule has 0 aromatic carbocycles. The van der Waals surface area contributed by atoms with E-state index in [1.165, 1.54) is 6.92 Å². The van der Waals surface area contributed by atoms with E-state index in [1.54, 1.807) is 27.7 Å². The minimum absolute atomic E-state index is 0.168. The molecule has 0 aliphatic rings. The van der Waals surface area contributed by atoms with Crippen LogP contribution in [0.1, 0.15) is 34.6 Å². The first-order chi connectivity index (χ1) is 7.58. The van der Waals surface area contributed by atoms with Crippen molar-refractivity contribution in [3.05, 3.63) is 0 Å². The molecule has 0 rings (SSSR count). The lowest BCUT2D eigenvalue weighted by atomic mass is 10.1. The summed E-state index contributed by atoms with van der Waals surface area (Å²) in [5.74, 6) is -0.781. The van der Waals surface area contributed by atoms with Crippen LogP contribution in [0.5, 0.6) is 0 Å². The van der Waals surface area contributed by atoms with Gasteiger partial charge in [-0.25, -0.2) is 9.59 Å². The van der Waals surface area contributed by atoms with Crippen molar-refractivity contribution in [3.63, 3.8) is 0 Å². The van der Waals surface area contributed by atoms with Gasteiger partial charge < -0.3 is 19.9 Å². The third kappa shape index (κ3) is 6.78. The lowest BCUT2D eigenvalue weighted by Crippen LogP contribution is -2.48. The third-order valence-electron chi connectivity index (χ3n) is 1.69. The van der Waals surface area contributed by atoms with E-state index >= 15 is 0 Å². The third-order valence-corrected chi connectivity index (χ3v) is 1.69. The van der Waals surface area contributed by atoms with Crippen molar-refractivity contribution in [2.24, 2.45) is 0 Å². The van der Waals surface area contributed by atoms with Crippen molar-refractivity contribution in [1.82, 2.24) is 5.32 Å². The number of hydrogen-bond acceptors (Lipinski definition) is 5. The molecule has 0 aliphatic carbocycles. The van der Waals surface area contributed by atoms with E-state index in [1.807, 2.05) is 0 Å². The first kappa shape index (κ1) is 15.7. The van der Waals surface area contributed by atoms with Crippen molar-refractivity contribution in [2.45, 2.75) is 45.8 Å². The maximum Gasteiger partial charge on any atom is 0.407 e. The van der Waals surface area contributed by atoms with Gasteiger partial charge in [-0.15, -0.1) is 0 Å². The van der Waals surface area contributed by atoms with Crippen LogP contribution in [0.25, 0.3) is 0 Å². The van der Waals surface area contributed by atoms with E-state index in [4.69, 9.17) is 4.74 Å². The first-order valence-electron chi connectivity index (χ1n) is 5.45. The van der Waals surface area contributed by atoms with Crippen LogP contribution in [0.4, 0.5) is 4.79 Å². The van der Waals surface area contributed by atoms with Crippen LogP contribution in [0, 0.1) is 0 Å². The molecule has 0 aromatic rings. The number of aliphatic hydroxyl groups is 1. The second kappa shape index (κ2) is 5.86. The average Bonchev–Trinajstić information content (AvgIpc) is 2.12. The largest absolute Gasteiger partial charge is 0.464 e. The van der Waals surface area contributed by atoms with Crippen molar-refractivity contribution in [1.29, 1.82) is 0 Å². The molecule has 0 unspecified atom stereocenters.